The van der Waals surface area contributed by atoms with Crippen LogP contribution < -0.4 is 10.3 Å². The van der Waals surface area contributed by atoms with Crippen molar-refractivity contribution in [3.05, 3.63) is 68.8 Å². The number of hydrogen-bond donors (Lipinski definition) is 2. The average molecular weight is 382 g/mol. The van der Waals surface area contributed by atoms with Crippen molar-refractivity contribution in [1.82, 2.24) is 14.9 Å². The predicted molar refractivity (Wildman–Crippen MR) is 93.6 cm³/mol. The van der Waals surface area contributed by atoms with Gasteiger partial charge in [0.25, 0.3) is 5.56 Å². The number of thiophene rings is 1. The van der Waals surface area contributed by atoms with E-state index in [-0.39, 0.29) is 16.3 Å². The maximum Gasteiger partial charge on any atom is 0.264 e. The summed E-state index contributed by atoms with van der Waals surface area (Å²) in [5, 5.41) is 8.38. The molecule has 0 radical (unpaired) electrons. The van der Waals surface area contributed by atoms with Gasteiger partial charge in [0.2, 0.25) is 10.0 Å². The van der Waals surface area contributed by atoms with Gasteiger partial charge in [0.15, 0.2) is 0 Å². The lowest BCUT2D eigenvalue weighted by molar-refractivity contribution is 0.583. The summed E-state index contributed by atoms with van der Waals surface area (Å²) in [5.74, 6) is 0. The van der Waals surface area contributed by atoms with Crippen molar-refractivity contribution in [1.29, 1.82) is 0 Å². The van der Waals surface area contributed by atoms with Crippen LogP contribution in [0.5, 0.6) is 0 Å². The molecule has 0 amide bonds. The molecular formula is C15H12ClN3O3S2. The molecule has 6 nitrogen and oxygen atoms in total. The molecule has 3 aromatic rings. The van der Waals surface area contributed by atoms with Gasteiger partial charge in [-0.3, -0.25) is 4.79 Å². The molecule has 0 unspecified atom stereocenters. The summed E-state index contributed by atoms with van der Waals surface area (Å²) in [7, 11) is -3.66. The summed E-state index contributed by atoms with van der Waals surface area (Å²) < 4.78 is 27.5. The molecule has 0 saturated carbocycles. The molecule has 2 N–H and O–H groups in total. The van der Waals surface area contributed by atoms with E-state index in [0.29, 0.717) is 21.8 Å². The fourth-order valence-corrected chi connectivity index (χ4v) is 4.41. The molecule has 0 aliphatic heterocycles. The second kappa shape index (κ2) is 6.86. The van der Waals surface area contributed by atoms with Crippen LogP contribution in [0.15, 0.2) is 56.8 Å². The Morgan fingerprint density at radius 1 is 1.21 bits per heavy atom. The Kier molecular flexibility index (Phi) is 4.81. The van der Waals surface area contributed by atoms with Gasteiger partial charge in [-0.25, -0.2) is 18.2 Å². The van der Waals surface area contributed by atoms with Crippen molar-refractivity contribution in [2.75, 3.05) is 0 Å². The van der Waals surface area contributed by atoms with E-state index >= 15 is 0 Å². The zero-order chi connectivity index (χ0) is 17.2. The first-order chi connectivity index (χ1) is 11.5. The molecule has 24 heavy (non-hydrogen) atoms. The van der Waals surface area contributed by atoms with E-state index in [0.717, 1.165) is 11.3 Å². The third-order valence-corrected chi connectivity index (χ3v) is 6.44. The third kappa shape index (κ3) is 3.73. The van der Waals surface area contributed by atoms with Crippen LogP contribution in [0.3, 0.4) is 0 Å². The van der Waals surface area contributed by atoms with Crippen molar-refractivity contribution >= 4 is 33.0 Å². The molecule has 0 atom stereocenters. The number of nitrogens with zero attached hydrogens (tertiary/aromatic N) is 1. The van der Waals surface area contributed by atoms with Crippen LogP contribution in [0.2, 0.25) is 5.02 Å². The van der Waals surface area contributed by atoms with Crippen molar-refractivity contribution in [3.63, 3.8) is 0 Å². The smallest absolute Gasteiger partial charge is 0.264 e. The van der Waals surface area contributed by atoms with Crippen molar-refractivity contribution < 1.29 is 8.42 Å². The number of sulfonamides is 1. The van der Waals surface area contributed by atoms with Crippen LogP contribution in [-0.2, 0) is 16.6 Å². The van der Waals surface area contributed by atoms with Gasteiger partial charge in [0.1, 0.15) is 4.21 Å². The van der Waals surface area contributed by atoms with Gasteiger partial charge < -0.3 is 0 Å². The molecule has 2 heterocycles. The lowest BCUT2D eigenvalue weighted by atomic mass is 10.2. The van der Waals surface area contributed by atoms with Gasteiger partial charge >= 0.3 is 0 Å². The van der Waals surface area contributed by atoms with Crippen LogP contribution in [0.1, 0.15) is 5.56 Å². The van der Waals surface area contributed by atoms with Gasteiger partial charge in [-0.15, -0.1) is 11.3 Å². The second-order valence-electron chi connectivity index (χ2n) is 4.88. The highest BCUT2D eigenvalue weighted by Crippen LogP contribution is 2.27. The Morgan fingerprint density at radius 2 is 2.00 bits per heavy atom. The van der Waals surface area contributed by atoms with E-state index < -0.39 is 10.0 Å². The molecule has 0 spiro atoms. The Hall–Kier alpha value is -2.00. The number of H-pyrrole nitrogens is 1. The first kappa shape index (κ1) is 16.8. The van der Waals surface area contributed by atoms with Gasteiger partial charge in [0.05, 0.1) is 5.69 Å². The van der Waals surface area contributed by atoms with Crippen molar-refractivity contribution in [2.24, 2.45) is 0 Å². The number of benzene rings is 1. The van der Waals surface area contributed by atoms with E-state index in [4.69, 9.17) is 11.6 Å². The minimum atomic E-state index is -3.66. The second-order valence-corrected chi connectivity index (χ2v) is 8.19. The molecule has 0 fully saturated rings. The molecule has 0 saturated heterocycles. The molecule has 2 aromatic heterocycles. The van der Waals surface area contributed by atoms with Crippen LogP contribution in [0, 0.1) is 0 Å². The summed E-state index contributed by atoms with van der Waals surface area (Å²) in [6.07, 6.45) is 0. The van der Waals surface area contributed by atoms with E-state index in [2.05, 4.69) is 14.9 Å². The van der Waals surface area contributed by atoms with E-state index in [1.807, 2.05) is 0 Å². The minimum absolute atomic E-state index is 0.103. The van der Waals surface area contributed by atoms with Crippen LogP contribution in [-0.4, -0.2) is 18.6 Å². The van der Waals surface area contributed by atoms with Gasteiger partial charge in [-0.2, -0.15) is 5.10 Å². The highest BCUT2D eigenvalue weighted by Gasteiger charge is 2.18. The van der Waals surface area contributed by atoms with E-state index in [1.165, 1.54) is 18.2 Å². The fraction of sp³-hybridized carbons (Fsp3) is 0.0667. The number of hydrogen-bond acceptors (Lipinski definition) is 5. The maximum absolute atomic E-state index is 12.4. The SMILES string of the molecule is O=c1ccc(-c2csc(S(=O)(=O)NCc3ccccc3Cl)c2)n[nH]1. The topological polar surface area (TPSA) is 91.9 Å². The lowest BCUT2D eigenvalue weighted by Crippen LogP contribution is -2.22. The van der Waals surface area contributed by atoms with Crippen LogP contribution in [0.4, 0.5) is 0 Å². The monoisotopic (exact) mass is 381 g/mol. The van der Waals surface area contributed by atoms with Crippen molar-refractivity contribution in [3.8, 4) is 11.3 Å². The molecular weight excluding hydrogens is 370 g/mol. The van der Waals surface area contributed by atoms with Crippen molar-refractivity contribution in [2.45, 2.75) is 10.8 Å². The van der Waals surface area contributed by atoms with Gasteiger partial charge in [-0.1, -0.05) is 29.8 Å². The Balaban J connectivity index is 1.79. The Labute approximate surface area is 147 Å². The Morgan fingerprint density at radius 3 is 2.71 bits per heavy atom. The first-order valence-electron chi connectivity index (χ1n) is 6.83. The summed E-state index contributed by atoms with van der Waals surface area (Å²) >= 11 is 7.11. The van der Waals surface area contributed by atoms with E-state index in [1.54, 1.807) is 29.6 Å². The van der Waals surface area contributed by atoms with Gasteiger partial charge in [-0.05, 0) is 23.8 Å². The minimum Gasteiger partial charge on any atom is -0.268 e. The van der Waals surface area contributed by atoms with Crippen LogP contribution >= 0.6 is 22.9 Å². The standard InChI is InChI=1S/C15H12ClN3O3S2/c16-12-4-2-1-3-10(12)8-17-24(21,22)15-7-11(9-23-15)13-5-6-14(20)19-18-13/h1-7,9,17H,8H2,(H,19,20). The average Bonchev–Trinajstić information content (AvgIpc) is 3.06. The first-order valence-corrected chi connectivity index (χ1v) is 9.57. The number of rotatable bonds is 5. The molecule has 0 aliphatic rings. The number of aromatic amines is 1. The highest BCUT2D eigenvalue weighted by atomic mass is 35.5. The molecule has 124 valence electrons. The largest absolute Gasteiger partial charge is 0.268 e. The van der Waals surface area contributed by atoms with Crippen LogP contribution in [0.25, 0.3) is 11.3 Å². The number of aromatic nitrogens is 2. The normalized spacial score (nSPS) is 11.5. The Bertz CT molecular complexity index is 1010. The maximum atomic E-state index is 12.4. The fourth-order valence-electron chi connectivity index (χ4n) is 1.98. The third-order valence-electron chi connectivity index (χ3n) is 3.23. The summed E-state index contributed by atoms with van der Waals surface area (Å²) in [4.78, 5) is 11.0. The molecule has 3 rings (SSSR count). The van der Waals surface area contributed by atoms with Gasteiger partial charge in [0, 0.05) is 28.6 Å². The van der Waals surface area contributed by atoms with E-state index in [9.17, 15) is 13.2 Å². The zero-order valence-corrected chi connectivity index (χ0v) is 14.6. The molecule has 0 aliphatic carbocycles. The molecule has 9 heteroatoms. The quantitative estimate of drug-likeness (QED) is 0.710. The highest BCUT2D eigenvalue weighted by molar-refractivity contribution is 7.91. The predicted octanol–water partition coefficient (Wildman–Crippen LogP) is 2.63. The zero-order valence-electron chi connectivity index (χ0n) is 12.2. The molecule has 0 bridgehead atoms. The number of halogens is 1. The molecule has 1 aromatic carbocycles. The summed E-state index contributed by atoms with van der Waals surface area (Å²) in [6, 6.07) is 11.4. The summed E-state index contributed by atoms with van der Waals surface area (Å²) in [5.41, 5.74) is 1.50. The number of nitrogens with one attached hydrogen (secondary N) is 2. The lowest BCUT2D eigenvalue weighted by Gasteiger charge is -2.06. The summed E-state index contributed by atoms with van der Waals surface area (Å²) in [6.45, 7) is 0.103.